The lowest BCUT2D eigenvalue weighted by atomic mass is 9.92. The second kappa shape index (κ2) is 10.2. The SMILES string of the molecule is COc1ccc(C(Cc2ccc(OCCOc3ccccc3)cc2)C(=O)O)cc1. The van der Waals surface area contributed by atoms with Gasteiger partial charge in [-0.2, -0.15) is 0 Å². The fourth-order valence-corrected chi connectivity index (χ4v) is 2.98. The van der Waals surface area contributed by atoms with E-state index < -0.39 is 11.9 Å². The van der Waals surface area contributed by atoms with Gasteiger partial charge in [0.2, 0.25) is 0 Å². The molecule has 0 spiro atoms. The summed E-state index contributed by atoms with van der Waals surface area (Å²) in [5.74, 6) is 0.766. The zero-order valence-corrected chi connectivity index (χ0v) is 16.3. The normalized spacial score (nSPS) is 11.5. The van der Waals surface area contributed by atoms with Crippen molar-refractivity contribution in [3.63, 3.8) is 0 Å². The molecule has 3 rings (SSSR count). The van der Waals surface area contributed by atoms with E-state index in [1.807, 2.05) is 54.6 Å². The van der Waals surface area contributed by atoms with E-state index in [0.717, 1.165) is 22.6 Å². The Bertz CT molecular complexity index is 889. The molecule has 1 N–H and O–H groups in total. The summed E-state index contributed by atoms with van der Waals surface area (Å²) >= 11 is 0. The first-order valence-corrected chi connectivity index (χ1v) is 9.42. The zero-order chi connectivity index (χ0) is 20.5. The minimum absolute atomic E-state index is 0.402. The maximum atomic E-state index is 11.7. The van der Waals surface area contributed by atoms with Gasteiger partial charge >= 0.3 is 5.97 Å². The van der Waals surface area contributed by atoms with Crippen LogP contribution in [0.25, 0.3) is 0 Å². The van der Waals surface area contributed by atoms with Gasteiger partial charge < -0.3 is 19.3 Å². The van der Waals surface area contributed by atoms with E-state index in [4.69, 9.17) is 14.2 Å². The second-order valence-corrected chi connectivity index (χ2v) is 6.52. The average Bonchev–Trinajstić information content (AvgIpc) is 2.76. The summed E-state index contributed by atoms with van der Waals surface area (Å²) in [4.78, 5) is 11.7. The van der Waals surface area contributed by atoms with E-state index in [9.17, 15) is 9.90 Å². The van der Waals surface area contributed by atoms with Crippen molar-refractivity contribution in [1.29, 1.82) is 0 Å². The van der Waals surface area contributed by atoms with Crippen LogP contribution >= 0.6 is 0 Å². The van der Waals surface area contributed by atoms with Crippen LogP contribution in [0.3, 0.4) is 0 Å². The third-order valence-electron chi connectivity index (χ3n) is 4.54. The number of carbonyl (C=O) groups is 1. The minimum atomic E-state index is -0.853. The number of hydrogen-bond acceptors (Lipinski definition) is 4. The van der Waals surface area contributed by atoms with Crippen LogP contribution in [0.15, 0.2) is 78.9 Å². The summed E-state index contributed by atoms with van der Waals surface area (Å²) in [7, 11) is 1.58. The van der Waals surface area contributed by atoms with Gasteiger partial charge in [0, 0.05) is 0 Å². The molecule has 0 aromatic heterocycles. The van der Waals surface area contributed by atoms with Crippen LogP contribution in [0.4, 0.5) is 0 Å². The molecule has 0 radical (unpaired) electrons. The first kappa shape index (κ1) is 20.3. The predicted octanol–water partition coefficient (Wildman–Crippen LogP) is 4.56. The van der Waals surface area contributed by atoms with Crippen LogP contribution in [-0.4, -0.2) is 31.4 Å². The van der Waals surface area contributed by atoms with Gasteiger partial charge in [-0.1, -0.05) is 42.5 Å². The molecule has 150 valence electrons. The number of benzene rings is 3. The van der Waals surface area contributed by atoms with Gasteiger partial charge in [0.25, 0.3) is 0 Å². The van der Waals surface area contributed by atoms with E-state index in [1.165, 1.54) is 0 Å². The molecule has 3 aromatic rings. The Morgan fingerprint density at radius 3 is 1.90 bits per heavy atom. The third kappa shape index (κ3) is 6.01. The minimum Gasteiger partial charge on any atom is -0.497 e. The lowest BCUT2D eigenvalue weighted by Crippen LogP contribution is -2.14. The second-order valence-electron chi connectivity index (χ2n) is 6.52. The molecular weight excluding hydrogens is 368 g/mol. The maximum Gasteiger partial charge on any atom is 0.311 e. The van der Waals surface area contributed by atoms with Gasteiger partial charge in [-0.15, -0.1) is 0 Å². The van der Waals surface area contributed by atoms with Crippen LogP contribution in [0, 0.1) is 0 Å². The molecule has 0 aliphatic carbocycles. The number of para-hydroxylation sites is 1. The van der Waals surface area contributed by atoms with Gasteiger partial charge in [-0.25, -0.2) is 0 Å². The molecule has 0 saturated heterocycles. The van der Waals surface area contributed by atoms with Crippen molar-refractivity contribution < 1.29 is 24.1 Å². The summed E-state index contributed by atoms with van der Waals surface area (Å²) in [6, 6.07) is 24.2. The third-order valence-corrected chi connectivity index (χ3v) is 4.54. The topological polar surface area (TPSA) is 65.0 Å². The molecule has 29 heavy (non-hydrogen) atoms. The van der Waals surface area contributed by atoms with E-state index in [0.29, 0.717) is 25.4 Å². The highest BCUT2D eigenvalue weighted by molar-refractivity contribution is 5.76. The van der Waals surface area contributed by atoms with Crippen molar-refractivity contribution in [2.45, 2.75) is 12.3 Å². The van der Waals surface area contributed by atoms with Crippen molar-refractivity contribution in [2.24, 2.45) is 0 Å². The molecule has 0 aliphatic heterocycles. The fraction of sp³-hybridized carbons (Fsp3) is 0.208. The van der Waals surface area contributed by atoms with Crippen molar-refractivity contribution in [3.05, 3.63) is 90.0 Å². The molecule has 0 heterocycles. The zero-order valence-electron chi connectivity index (χ0n) is 16.3. The quantitative estimate of drug-likeness (QED) is 0.512. The molecule has 0 fully saturated rings. The highest BCUT2D eigenvalue weighted by atomic mass is 16.5. The lowest BCUT2D eigenvalue weighted by molar-refractivity contribution is -0.138. The summed E-state index contributed by atoms with van der Waals surface area (Å²) in [5, 5.41) is 9.64. The number of carboxylic acid groups (broad SMARTS) is 1. The Labute approximate surface area is 170 Å². The molecule has 5 nitrogen and oxygen atoms in total. The van der Waals surface area contributed by atoms with Gasteiger partial charge in [0.1, 0.15) is 30.5 Å². The number of methoxy groups -OCH3 is 1. The first-order valence-electron chi connectivity index (χ1n) is 9.42. The maximum absolute atomic E-state index is 11.7. The summed E-state index contributed by atoms with van der Waals surface area (Å²) < 4.78 is 16.4. The molecule has 0 bridgehead atoms. The molecule has 0 amide bonds. The number of rotatable bonds is 10. The van der Waals surface area contributed by atoms with Crippen LogP contribution in [0.1, 0.15) is 17.0 Å². The van der Waals surface area contributed by atoms with Crippen LogP contribution in [-0.2, 0) is 11.2 Å². The molecule has 5 heteroatoms. The standard InChI is InChI=1S/C24H24O5/c1-27-20-13-9-19(10-14-20)23(24(25)26)17-18-7-11-22(12-8-18)29-16-15-28-21-5-3-2-4-6-21/h2-14,23H,15-17H2,1H3,(H,25,26). The number of hydrogen-bond donors (Lipinski definition) is 1. The Hall–Kier alpha value is -3.47. The molecule has 1 unspecified atom stereocenters. The van der Waals surface area contributed by atoms with Crippen LogP contribution in [0.2, 0.25) is 0 Å². The average molecular weight is 392 g/mol. The van der Waals surface area contributed by atoms with E-state index in [-0.39, 0.29) is 0 Å². The first-order chi connectivity index (χ1) is 14.2. The summed E-state index contributed by atoms with van der Waals surface area (Å²) in [6.45, 7) is 0.877. The summed E-state index contributed by atoms with van der Waals surface area (Å²) in [6.07, 6.45) is 0.402. The monoisotopic (exact) mass is 392 g/mol. The molecule has 3 aromatic carbocycles. The summed E-state index contributed by atoms with van der Waals surface area (Å²) in [5.41, 5.74) is 1.68. The van der Waals surface area contributed by atoms with Crippen molar-refractivity contribution >= 4 is 5.97 Å². The van der Waals surface area contributed by atoms with Crippen molar-refractivity contribution in [2.75, 3.05) is 20.3 Å². The van der Waals surface area contributed by atoms with Gasteiger partial charge in [0.05, 0.1) is 13.0 Å². The van der Waals surface area contributed by atoms with Gasteiger partial charge in [-0.3, -0.25) is 4.79 Å². The largest absolute Gasteiger partial charge is 0.497 e. The molecule has 1 atom stereocenters. The Morgan fingerprint density at radius 2 is 1.34 bits per heavy atom. The van der Waals surface area contributed by atoms with E-state index in [1.54, 1.807) is 31.4 Å². The lowest BCUT2D eigenvalue weighted by Gasteiger charge is -2.14. The van der Waals surface area contributed by atoms with Crippen molar-refractivity contribution in [1.82, 2.24) is 0 Å². The highest BCUT2D eigenvalue weighted by Crippen LogP contribution is 2.25. The molecular formula is C24H24O5. The number of carboxylic acids is 1. The number of aliphatic carboxylic acids is 1. The Morgan fingerprint density at radius 1 is 0.793 bits per heavy atom. The van der Waals surface area contributed by atoms with E-state index in [2.05, 4.69) is 0 Å². The molecule has 0 saturated carbocycles. The van der Waals surface area contributed by atoms with Crippen LogP contribution in [0.5, 0.6) is 17.2 Å². The Kier molecular flexibility index (Phi) is 7.11. The van der Waals surface area contributed by atoms with Crippen molar-refractivity contribution in [3.8, 4) is 17.2 Å². The predicted molar refractivity (Wildman–Crippen MR) is 111 cm³/mol. The molecule has 0 aliphatic rings. The number of ether oxygens (including phenoxy) is 3. The Balaban J connectivity index is 1.53. The smallest absolute Gasteiger partial charge is 0.311 e. The highest BCUT2D eigenvalue weighted by Gasteiger charge is 2.20. The van der Waals surface area contributed by atoms with Gasteiger partial charge in [0.15, 0.2) is 0 Å². The van der Waals surface area contributed by atoms with Gasteiger partial charge in [-0.05, 0) is 53.9 Å². The van der Waals surface area contributed by atoms with E-state index >= 15 is 0 Å². The van der Waals surface area contributed by atoms with Crippen LogP contribution < -0.4 is 14.2 Å². The fourth-order valence-electron chi connectivity index (χ4n) is 2.98.